The number of amides is 1. The molecule has 31 heavy (non-hydrogen) atoms. The van der Waals surface area contributed by atoms with Crippen LogP contribution in [0.15, 0.2) is 42.6 Å². The van der Waals surface area contributed by atoms with E-state index in [1.54, 1.807) is 17.2 Å². The maximum atomic E-state index is 13.8. The van der Waals surface area contributed by atoms with Crippen LogP contribution in [-0.4, -0.2) is 50.7 Å². The third-order valence-electron chi connectivity index (χ3n) is 5.53. The number of pyridine rings is 1. The first-order valence-electron chi connectivity index (χ1n) is 9.85. The van der Waals surface area contributed by atoms with Gasteiger partial charge in [0.05, 0.1) is 31.1 Å². The summed E-state index contributed by atoms with van der Waals surface area (Å²) >= 11 is 0. The number of H-pyrrole nitrogens is 2. The van der Waals surface area contributed by atoms with Crippen molar-refractivity contribution in [2.24, 2.45) is 0 Å². The molecule has 1 aromatic carbocycles. The van der Waals surface area contributed by atoms with Crippen LogP contribution in [0.5, 0.6) is 0 Å². The van der Waals surface area contributed by atoms with Gasteiger partial charge in [0.25, 0.3) is 5.91 Å². The molecular formula is C22H19F2N5O2. The molecule has 1 atom stereocenters. The summed E-state index contributed by atoms with van der Waals surface area (Å²) in [6, 6.07) is 8.65. The molecule has 0 saturated carbocycles. The number of carbonyl (C=O) groups is 1. The van der Waals surface area contributed by atoms with Crippen molar-refractivity contribution in [2.45, 2.75) is 13.0 Å². The standard InChI is InChI=1S/C22H19F2N5O2/c1-12-15(10-25-28-12)18-5-3-14-9-19(27-21(14)26-18)22(30)29-6-7-31-11-20(29)13-2-4-16(23)17(24)8-13/h2-5,8-10,20H,6-7,11H2,1H3,(H,25,28)(H,26,27)/t20-/m1/s1. The molecule has 1 amide bonds. The minimum atomic E-state index is -0.952. The van der Waals surface area contributed by atoms with E-state index in [2.05, 4.69) is 20.2 Å². The third kappa shape index (κ3) is 3.46. The molecule has 0 spiro atoms. The fraction of sp³-hybridized carbons (Fsp3) is 0.227. The molecule has 9 heteroatoms. The first-order chi connectivity index (χ1) is 15.0. The number of carbonyl (C=O) groups excluding carboxylic acids is 1. The van der Waals surface area contributed by atoms with E-state index in [-0.39, 0.29) is 12.5 Å². The molecule has 4 aromatic rings. The van der Waals surface area contributed by atoms with E-state index < -0.39 is 17.7 Å². The molecule has 3 aromatic heterocycles. The summed E-state index contributed by atoms with van der Waals surface area (Å²) < 4.78 is 32.6. The number of halogens is 2. The molecule has 1 aliphatic heterocycles. The molecule has 0 aliphatic carbocycles. The number of fused-ring (bicyclic) bond motifs is 1. The van der Waals surface area contributed by atoms with Crippen molar-refractivity contribution in [3.05, 3.63) is 71.2 Å². The van der Waals surface area contributed by atoms with Gasteiger partial charge >= 0.3 is 0 Å². The normalized spacial score (nSPS) is 16.7. The Morgan fingerprint density at radius 3 is 2.84 bits per heavy atom. The zero-order valence-corrected chi connectivity index (χ0v) is 16.7. The van der Waals surface area contributed by atoms with E-state index in [1.165, 1.54) is 6.07 Å². The van der Waals surface area contributed by atoms with Crippen LogP contribution in [0.3, 0.4) is 0 Å². The maximum absolute atomic E-state index is 13.8. The number of hydrogen-bond donors (Lipinski definition) is 2. The summed E-state index contributed by atoms with van der Waals surface area (Å²) in [6.45, 7) is 2.83. The van der Waals surface area contributed by atoms with Crippen LogP contribution in [-0.2, 0) is 4.74 Å². The molecule has 0 unspecified atom stereocenters. The second-order valence-electron chi connectivity index (χ2n) is 7.49. The predicted molar refractivity (Wildman–Crippen MR) is 109 cm³/mol. The van der Waals surface area contributed by atoms with Gasteiger partial charge in [-0.2, -0.15) is 5.10 Å². The first kappa shape index (κ1) is 19.4. The molecule has 5 rings (SSSR count). The molecule has 158 valence electrons. The van der Waals surface area contributed by atoms with Gasteiger partial charge in [-0.3, -0.25) is 9.89 Å². The number of aromatic amines is 2. The monoisotopic (exact) mass is 423 g/mol. The largest absolute Gasteiger partial charge is 0.377 e. The van der Waals surface area contributed by atoms with Crippen molar-refractivity contribution in [1.29, 1.82) is 0 Å². The van der Waals surface area contributed by atoms with Gasteiger partial charge in [-0.25, -0.2) is 13.8 Å². The third-order valence-corrected chi connectivity index (χ3v) is 5.53. The van der Waals surface area contributed by atoms with Crippen molar-refractivity contribution < 1.29 is 18.3 Å². The smallest absolute Gasteiger partial charge is 0.271 e. The average molecular weight is 423 g/mol. The Bertz CT molecular complexity index is 1280. The SMILES string of the molecule is Cc1[nH]ncc1-c1ccc2cc(C(=O)N3CCOC[C@@H]3c3ccc(F)c(F)c3)[nH]c2n1. The first-order valence-corrected chi connectivity index (χ1v) is 9.85. The number of morpholine rings is 1. The highest BCUT2D eigenvalue weighted by molar-refractivity contribution is 5.98. The van der Waals surface area contributed by atoms with Crippen molar-refractivity contribution in [1.82, 2.24) is 25.1 Å². The number of ether oxygens (including phenoxy) is 1. The molecule has 1 saturated heterocycles. The van der Waals surface area contributed by atoms with Crippen LogP contribution in [0.1, 0.15) is 27.8 Å². The summed E-state index contributed by atoms with van der Waals surface area (Å²) in [5.74, 6) is -2.13. The summed E-state index contributed by atoms with van der Waals surface area (Å²) in [4.78, 5) is 22.6. The second-order valence-corrected chi connectivity index (χ2v) is 7.49. The van der Waals surface area contributed by atoms with E-state index >= 15 is 0 Å². The molecule has 2 N–H and O–H groups in total. The van der Waals surface area contributed by atoms with E-state index in [0.29, 0.717) is 30.1 Å². The maximum Gasteiger partial charge on any atom is 0.271 e. The number of rotatable bonds is 3. The van der Waals surface area contributed by atoms with E-state index in [1.807, 2.05) is 19.1 Å². The Hall–Kier alpha value is -3.59. The number of aromatic nitrogens is 4. The van der Waals surface area contributed by atoms with E-state index in [0.717, 1.165) is 34.5 Å². The highest BCUT2D eigenvalue weighted by atomic mass is 19.2. The number of nitrogens with zero attached hydrogens (tertiary/aromatic N) is 3. The van der Waals surface area contributed by atoms with Gasteiger partial charge in [-0.05, 0) is 42.8 Å². The minimum absolute atomic E-state index is 0.208. The highest BCUT2D eigenvalue weighted by Crippen LogP contribution is 2.28. The number of nitrogens with one attached hydrogen (secondary N) is 2. The van der Waals surface area contributed by atoms with Crippen molar-refractivity contribution in [3.63, 3.8) is 0 Å². The summed E-state index contributed by atoms with van der Waals surface area (Å²) in [6.07, 6.45) is 1.71. The minimum Gasteiger partial charge on any atom is -0.377 e. The fourth-order valence-corrected chi connectivity index (χ4v) is 3.88. The quantitative estimate of drug-likeness (QED) is 0.525. The number of benzene rings is 1. The Morgan fingerprint density at radius 2 is 2.06 bits per heavy atom. The number of hydrogen-bond acceptors (Lipinski definition) is 4. The molecule has 1 fully saturated rings. The lowest BCUT2D eigenvalue weighted by Gasteiger charge is -2.35. The van der Waals surface area contributed by atoms with Crippen LogP contribution in [0.25, 0.3) is 22.3 Å². The molecule has 0 bridgehead atoms. The van der Waals surface area contributed by atoms with Crippen molar-refractivity contribution >= 4 is 16.9 Å². The lowest BCUT2D eigenvalue weighted by atomic mass is 10.0. The molecule has 1 aliphatic rings. The van der Waals surface area contributed by atoms with Crippen LogP contribution in [0.2, 0.25) is 0 Å². The Labute approximate surface area is 176 Å². The zero-order valence-electron chi connectivity index (χ0n) is 16.7. The Morgan fingerprint density at radius 1 is 1.19 bits per heavy atom. The average Bonchev–Trinajstić information content (AvgIpc) is 3.40. The van der Waals surface area contributed by atoms with Gasteiger partial charge in [0.1, 0.15) is 11.3 Å². The van der Waals surface area contributed by atoms with Crippen LogP contribution >= 0.6 is 0 Å². The Kier molecular flexibility index (Phi) is 4.74. The van der Waals surface area contributed by atoms with Gasteiger partial charge in [-0.1, -0.05) is 6.07 Å². The molecular weight excluding hydrogens is 404 g/mol. The number of aryl methyl sites for hydroxylation is 1. The van der Waals surface area contributed by atoms with Gasteiger partial charge in [-0.15, -0.1) is 0 Å². The van der Waals surface area contributed by atoms with E-state index in [4.69, 9.17) is 4.74 Å². The van der Waals surface area contributed by atoms with E-state index in [9.17, 15) is 13.6 Å². The van der Waals surface area contributed by atoms with Gasteiger partial charge < -0.3 is 14.6 Å². The molecule has 0 radical (unpaired) electrons. The van der Waals surface area contributed by atoms with Crippen LogP contribution in [0, 0.1) is 18.6 Å². The second kappa shape index (κ2) is 7.59. The highest BCUT2D eigenvalue weighted by Gasteiger charge is 2.31. The summed E-state index contributed by atoms with van der Waals surface area (Å²) in [5, 5.41) is 7.71. The lowest BCUT2D eigenvalue weighted by Crippen LogP contribution is -2.43. The molecule has 7 nitrogen and oxygen atoms in total. The van der Waals surface area contributed by atoms with Gasteiger partial charge in [0.15, 0.2) is 11.6 Å². The topological polar surface area (TPSA) is 86.9 Å². The van der Waals surface area contributed by atoms with Crippen LogP contribution < -0.4 is 0 Å². The fourth-order valence-electron chi connectivity index (χ4n) is 3.88. The van der Waals surface area contributed by atoms with Gasteiger partial charge in [0.2, 0.25) is 0 Å². The van der Waals surface area contributed by atoms with Crippen molar-refractivity contribution in [2.75, 3.05) is 19.8 Å². The summed E-state index contributed by atoms with van der Waals surface area (Å²) in [5.41, 5.74) is 3.97. The zero-order chi connectivity index (χ0) is 21.5. The van der Waals surface area contributed by atoms with Gasteiger partial charge in [0, 0.05) is 23.2 Å². The molecule has 4 heterocycles. The Balaban J connectivity index is 1.47. The predicted octanol–water partition coefficient (Wildman–Crippen LogP) is 3.75. The summed E-state index contributed by atoms with van der Waals surface area (Å²) in [7, 11) is 0. The van der Waals surface area contributed by atoms with Crippen LogP contribution in [0.4, 0.5) is 8.78 Å². The lowest BCUT2D eigenvalue weighted by molar-refractivity contribution is -0.00306. The van der Waals surface area contributed by atoms with Crippen molar-refractivity contribution in [3.8, 4) is 11.3 Å².